The Labute approximate surface area is 96.0 Å². The number of rotatable bonds is 3. The number of carbonyl (C=O) groups is 1. The number of nitrogens with one attached hydrogen (secondary N) is 2. The molecule has 0 fully saturated rings. The standard InChI is InChI=1S/C9H13F3N4O/c1-6-7(4-15-16(6)2)3-13-8(17)14-5-9(10,11)12/h4H,3,5H2,1-2H3,(H2,13,14,17). The highest BCUT2D eigenvalue weighted by Gasteiger charge is 2.27. The summed E-state index contributed by atoms with van der Waals surface area (Å²) in [7, 11) is 1.74. The van der Waals surface area contributed by atoms with Crippen molar-refractivity contribution in [3.8, 4) is 0 Å². The molecular formula is C9H13F3N4O. The molecule has 0 aromatic carbocycles. The van der Waals surface area contributed by atoms with Crippen molar-refractivity contribution in [2.24, 2.45) is 7.05 Å². The Kier molecular flexibility index (Phi) is 3.97. The molecule has 0 aliphatic carbocycles. The SMILES string of the molecule is Cc1c(CNC(=O)NCC(F)(F)F)cnn1C. The van der Waals surface area contributed by atoms with Crippen molar-refractivity contribution in [3.05, 3.63) is 17.5 Å². The first-order valence-electron chi connectivity index (χ1n) is 4.85. The number of carbonyl (C=O) groups excluding carboxylic acids is 1. The van der Waals surface area contributed by atoms with Gasteiger partial charge in [0, 0.05) is 24.8 Å². The van der Waals surface area contributed by atoms with E-state index in [9.17, 15) is 18.0 Å². The second-order valence-electron chi connectivity index (χ2n) is 3.53. The predicted octanol–water partition coefficient (Wildman–Crippen LogP) is 1.09. The van der Waals surface area contributed by atoms with Gasteiger partial charge in [-0.25, -0.2) is 4.79 Å². The van der Waals surface area contributed by atoms with Gasteiger partial charge in [-0.15, -0.1) is 0 Å². The summed E-state index contributed by atoms with van der Waals surface area (Å²) in [6.07, 6.45) is -2.85. The lowest BCUT2D eigenvalue weighted by molar-refractivity contribution is -0.122. The molecule has 0 saturated heterocycles. The summed E-state index contributed by atoms with van der Waals surface area (Å²) in [5, 5.41) is 7.98. The fraction of sp³-hybridized carbons (Fsp3) is 0.556. The highest BCUT2D eigenvalue weighted by Crippen LogP contribution is 2.12. The maximum absolute atomic E-state index is 11.8. The van der Waals surface area contributed by atoms with Gasteiger partial charge >= 0.3 is 12.2 Å². The Morgan fingerprint density at radius 2 is 2.12 bits per heavy atom. The summed E-state index contributed by atoms with van der Waals surface area (Å²) in [4.78, 5) is 11.0. The van der Waals surface area contributed by atoms with Crippen molar-refractivity contribution in [1.29, 1.82) is 0 Å². The number of nitrogens with zero attached hydrogens (tertiary/aromatic N) is 2. The van der Waals surface area contributed by atoms with Crippen LogP contribution < -0.4 is 10.6 Å². The molecule has 1 aromatic rings. The molecule has 96 valence electrons. The van der Waals surface area contributed by atoms with Crippen LogP contribution in [0.4, 0.5) is 18.0 Å². The van der Waals surface area contributed by atoms with E-state index in [1.165, 1.54) is 0 Å². The average molecular weight is 250 g/mol. The molecule has 0 bridgehead atoms. The third-order valence-corrected chi connectivity index (χ3v) is 2.23. The number of amides is 2. The number of halogens is 3. The van der Waals surface area contributed by atoms with Crippen molar-refractivity contribution < 1.29 is 18.0 Å². The van der Waals surface area contributed by atoms with Crippen LogP contribution in [0, 0.1) is 6.92 Å². The van der Waals surface area contributed by atoms with E-state index in [1.54, 1.807) is 30.2 Å². The number of hydrogen-bond acceptors (Lipinski definition) is 2. The average Bonchev–Trinajstić information content (AvgIpc) is 2.53. The largest absolute Gasteiger partial charge is 0.405 e. The number of hydrogen-bond donors (Lipinski definition) is 2. The minimum absolute atomic E-state index is 0.142. The van der Waals surface area contributed by atoms with Gasteiger partial charge in [0.05, 0.1) is 6.20 Å². The maximum Gasteiger partial charge on any atom is 0.405 e. The first-order valence-corrected chi connectivity index (χ1v) is 4.85. The Morgan fingerprint density at radius 1 is 1.47 bits per heavy atom. The monoisotopic (exact) mass is 250 g/mol. The summed E-state index contributed by atoms with van der Waals surface area (Å²) in [5.41, 5.74) is 1.61. The van der Waals surface area contributed by atoms with E-state index >= 15 is 0 Å². The third-order valence-electron chi connectivity index (χ3n) is 2.23. The van der Waals surface area contributed by atoms with E-state index in [1.807, 2.05) is 0 Å². The second kappa shape index (κ2) is 5.07. The Morgan fingerprint density at radius 3 is 2.59 bits per heavy atom. The van der Waals surface area contributed by atoms with Gasteiger partial charge in [0.1, 0.15) is 6.54 Å². The fourth-order valence-electron chi connectivity index (χ4n) is 1.14. The molecule has 2 N–H and O–H groups in total. The van der Waals surface area contributed by atoms with Crippen molar-refractivity contribution in [1.82, 2.24) is 20.4 Å². The Bertz CT molecular complexity index is 399. The lowest BCUT2D eigenvalue weighted by atomic mass is 10.2. The van der Waals surface area contributed by atoms with Crippen LogP contribution in [-0.4, -0.2) is 28.5 Å². The Hall–Kier alpha value is -1.73. The first-order chi connectivity index (χ1) is 7.79. The lowest BCUT2D eigenvalue weighted by Crippen LogP contribution is -2.40. The van der Waals surface area contributed by atoms with Crippen LogP contribution in [-0.2, 0) is 13.6 Å². The number of alkyl halides is 3. The van der Waals surface area contributed by atoms with Crippen molar-refractivity contribution in [3.63, 3.8) is 0 Å². The summed E-state index contributed by atoms with van der Waals surface area (Å²) >= 11 is 0. The highest BCUT2D eigenvalue weighted by molar-refractivity contribution is 5.73. The van der Waals surface area contributed by atoms with Crippen molar-refractivity contribution in [2.45, 2.75) is 19.6 Å². The van der Waals surface area contributed by atoms with Crippen LogP contribution in [0.15, 0.2) is 6.20 Å². The number of aryl methyl sites for hydroxylation is 1. The third kappa shape index (κ3) is 4.33. The van der Waals surface area contributed by atoms with E-state index in [0.717, 1.165) is 11.3 Å². The quantitative estimate of drug-likeness (QED) is 0.843. The van der Waals surface area contributed by atoms with Crippen LogP contribution in [0.3, 0.4) is 0 Å². The van der Waals surface area contributed by atoms with Gasteiger partial charge in [-0.1, -0.05) is 0 Å². The minimum atomic E-state index is -4.40. The molecule has 17 heavy (non-hydrogen) atoms. The van der Waals surface area contributed by atoms with E-state index in [2.05, 4.69) is 10.4 Å². The Balaban J connectivity index is 2.36. The molecule has 1 rings (SSSR count). The number of urea groups is 1. The molecule has 0 aliphatic heterocycles. The smallest absolute Gasteiger partial charge is 0.334 e. The molecule has 1 heterocycles. The number of aromatic nitrogens is 2. The summed E-state index contributed by atoms with van der Waals surface area (Å²) in [5.74, 6) is 0. The molecule has 5 nitrogen and oxygen atoms in total. The van der Waals surface area contributed by atoms with Crippen LogP contribution in [0.5, 0.6) is 0 Å². The van der Waals surface area contributed by atoms with Crippen molar-refractivity contribution in [2.75, 3.05) is 6.54 Å². The van der Waals surface area contributed by atoms with Crippen LogP contribution in [0.1, 0.15) is 11.3 Å². The summed E-state index contributed by atoms with van der Waals surface area (Å²) < 4.78 is 37.0. The lowest BCUT2D eigenvalue weighted by Gasteiger charge is -2.09. The topological polar surface area (TPSA) is 59.0 Å². The fourth-order valence-corrected chi connectivity index (χ4v) is 1.14. The van der Waals surface area contributed by atoms with Gasteiger partial charge in [-0.2, -0.15) is 18.3 Å². The van der Waals surface area contributed by atoms with Gasteiger partial charge in [0.2, 0.25) is 0 Å². The van der Waals surface area contributed by atoms with Crippen molar-refractivity contribution >= 4 is 6.03 Å². The zero-order valence-corrected chi connectivity index (χ0v) is 9.43. The summed E-state index contributed by atoms with van der Waals surface area (Å²) in [6.45, 7) is 0.603. The molecule has 0 radical (unpaired) electrons. The first kappa shape index (κ1) is 13.3. The van der Waals surface area contributed by atoms with E-state index in [4.69, 9.17) is 0 Å². The van der Waals surface area contributed by atoms with Crippen LogP contribution >= 0.6 is 0 Å². The highest BCUT2D eigenvalue weighted by atomic mass is 19.4. The zero-order valence-electron chi connectivity index (χ0n) is 9.43. The molecular weight excluding hydrogens is 237 g/mol. The molecule has 8 heteroatoms. The van der Waals surface area contributed by atoms with E-state index in [0.29, 0.717) is 0 Å². The molecule has 0 aliphatic rings. The molecule has 0 unspecified atom stereocenters. The normalized spacial score (nSPS) is 11.4. The van der Waals surface area contributed by atoms with Gasteiger partial charge < -0.3 is 10.6 Å². The van der Waals surface area contributed by atoms with Gasteiger partial charge in [-0.3, -0.25) is 4.68 Å². The summed E-state index contributed by atoms with van der Waals surface area (Å²) in [6, 6.07) is -0.856. The van der Waals surface area contributed by atoms with Crippen LogP contribution in [0.2, 0.25) is 0 Å². The maximum atomic E-state index is 11.8. The molecule has 0 saturated carbocycles. The van der Waals surface area contributed by atoms with Gasteiger partial charge in [-0.05, 0) is 6.92 Å². The molecule has 1 aromatic heterocycles. The molecule has 0 spiro atoms. The van der Waals surface area contributed by atoms with Gasteiger partial charge in [0.15, 0.2) is 0 Å². The zero-order chi connectivity index (χ0) is 13.1. The molecule has 2 amide bonds. The second-order valence-corrected chi connectivity index (χ2v) is 3.53. The predicted molar refractivity (Wildman–Crippen MR) is 54.2 cm³/mol. The minimum Gasteiger partial charge on any atom is -0.334 e. The van der Waals surface area contributed by atoms with E-state index < -0.39 is 18.8 Å². The van der Waals surface area contributed by atoms with E-state index in [-0.39, 0.29) is 6.54 Å². The van der Waals surface area contributed by atoms with Crippen LogP contribution in [0.25, 0.3) is 0 Å². The molecule has 0 atom stereocenters. The van der Waals surface area contributed by atoms with Gasteiger partial charge in [0.25, 0.3) is 0 Å².